The van der Waals surface area contributed by atoms with E-state index in [0.717, 1.165) is 28.5 Å². The molecule has 0 fully saturated rings. The second-order valence-electron chi connectivity index (χ2n) is 4.61. The van der Waals surface area contributed by atoms with Crippen LogP contribution < -0.4 is 4.43 Å². The van der Waals surface area contributed by atoms with Gasteiger partial charge in [-0.3, -0.25) is 0 Å². The summed E-state index contributed by atoms with van der Waals surface area (Å²) < 4.78 is 11.3. The third-order valence-electron chi connectivity index (χ3n) is 2.66. The van der Waals surface area contributed by atoms with Gasteiger partial charge in [0.05, 0.1) is 12.0 Å². The first-order valence-electron chi connectivity index (χ1n) is 6.24. The molecule has 0 saturated heterocycles. The highest BCUT2D eigenvalue weighted by Crippen LogP contribution is 2.32. The van der Waals surface area contributed by atoms with Crippen LogP contribution in [-0.2, 0) is 0 Å². The maximum Gasteiger partial charge on any atom is 0.274 e. The smallest absolute Gasteiger partial charge is 0.274 e. The Labute approximate surface area is 115 Å². The van der Waals surface area contributed by atoms with Gasteiger partial charge in [-0.25, -0.2) is 4.99 Å². The van der Waals surface area contributed by atoms with Crippen LogP contribution in [0.3, 0.4) is 0 Å². The second-order valence-corrected chi connectivity index (χ2v) is 6.63. The Morgan fingerprint density at radius 1 is 1.21 bits per heavy atom. The van der Waals surface area contributed by atoms with E-state index in [1.54, 1.807) is 6.26 Å². The topological polar surface area (TPSA) is 34.7 Å². The summed E-state index contributed by atoms with van der Waals surface area (Å²) in [7, 11) is -0.812. The first kappa shape index (κ1) is 13.6. The van der Waals surface area contributed by atoms with Gasteiger partial charge in [0.2, 0.25) is 0 Å². The third kappa shape index (κ3) is 3.35. The molecule has 0 saturated carbocycles. The summed E-state index contributed by atoms with van der Waals surface area (Å²) in [6.07, 6.45) is 1.65. The van der Waals surface area contributed by atoms with E-state index in [1.165, 1.54) is 0 Å². The second kappa shape index (κ2) is 5.89. The fraction of sp³-hybridized carbons (Fsp3) is 0.267. The lowest BCUT2D eigenvalue weighted by molar-refractivity contribution is 0.557. The minimum Gasteiger partial charge on any atom is -0.541 e. The van der Waals surface area contributed by atoms with Gasteiger partial charge in [0.1, 0.15) is 17.2 Å². The van der Waals surface area contributed by atoms with Crippen molar-refractivity contribution in [3.8, 4) is 5.75 Å². The zero-order valence-corrected chi connectivity index (χ0v) is 12.7. The maximum atomic E-state index is 5.96. The predicted octanol–water partition coefficient (Wildman–Crippen LogP) is 4.36. The summed E-state index contributed by atoms with van der Waals surface area (Å²) in [6, 6.07) is 9.78. The molecule has 0 atom stereocenters. The van der Waals surface area contributed by atoms with Gasteiger partial charge >= 0.3 is 0 Å². The number of aliphatic imine (C=N–C) groups is 1. The molecule has 3 nitrogen and oxygen atoms in total. The summed E-state index contributed by atoms with van der Waals surface area (Å²) in [5, 5.41) is 0. The molecule has 0 N–H and O–H groups in total. The molecule has 1 radical (unpaired) electrons. The summed E-state index contributed by atoms with van der Waals surface area (Å²) in [5.41, 5.74) is 2.82. The van der Waals surface area contributed by atoms with E-state index >= 15 is 0 Å². The molecule has 0 aliphatic heterocycles. The van der Waals surface area contributed by atoms with Gasteiger partial charge in [0.25, 0.3) is 9.04 Å². The van der Waals surface area contributed by atoms with Crippen LogP contribution >= 0.6 is 0 Å². The molecule has 1 aromatic carbocycles. The summed E-state index contributed by atoms with van der Waals surface area (Å²) in [6.45, 7) is 8.21. The average molecular weight is 272 g/mol. The van der Waals surface area contributed by atoms with Gasteiger partial charge in [0.15, 0.2) is 0 Å². The van der Waals surface area contributed by atoms with Gasteiger partial charge in [-0.2, -0.15) is 0 Å². The lowest BCUT2D eigenvalue weighted by atomic mass is 10.2. The summed E-state index contributed by atoms with van der Waals surface area (Å²) in [4.78, 5) is 4.63. The molecule has 19 heavy (non-hydrogen) atoms. The van der Waals surface area contributed by atoms with Gasteiger partial charge in [-0.05, 0) is 50.7 Å². The number of aryl methyl sites for hydroxylation is 1. The minimum atomic E-state index is -0.812. The van der Waals surface area contributed by atoms with Gasteiger partial charge < -0.3 is 8.84 Å². The Morgan fingerprint density at radius 2 is 2.00 bits per heavy atom. The first-order valence-corrected chi connectivity index (χ1v) is 8.65. The van der Waals surface area contributed by atoms with Crippen molar-refractivity contribution in [2.24, 2.45) is 4.99 Å². The van der Waals surface area contributed by atoms with Crippen LogP contribution in [0.25, 0.3) is 0 Å². The zero-order valence-electron chi connectivity index (χ0n) is 11.7. The van der Waals surface area contributed by atoms with Crippen molar-refractivity contribution < 1.29 is 8.84 Å². The maximum absolute atomic E-state index is 5.96. The van der Waals surface area contributed by atoms with Crippen LogP contribution in [0.4, 0.5) is 5.69 Å². The van der Waals surface area contributed by atoms with Crippen molar-refractivity contribution in [3.63, 3.8) is 0 Å². The van der Waals surface area contributed by atoms with Crippen molar-refractivity contribution in [1.82, 2.24) is 0 Å². The monoisotopic (exact) mass is 272 g/mol. The summed E-state index contributed by atoms with van der Waals surface area (Å²) >= 11 is 0. The molecular weight excluding hydrogens is 254 g/mol. The SMILES string of the molecule is CC(=Nc1cccc(C)c1O[Si](C)C)c1ccco1. The minimum absolute atomic E-state index is 0.783. The Kier molecular flexibility index (Phi) is 4.22. The molecule has 2 rings (SSSR count). The molecule has 0 unspecified atom stereocenters. The first-order chi connectivity index (χ1) is 9.08. The Balaban J connectivity index is 2.39. The van der Waals surface area contributed by atoms with E-state index in [0.29, 0.717) is 0 Å². The molecule has 4 heteroatoms. The lowest BCUT2D eigenvalue weighted by Gasteiger charge is -2.14. The zero-order chi connectivity index (χ0) is 13.8. The quantitative estimate of drug-likeness (QED) is 0.612. The number of para-hydroxylation sites is 1. The molecule has 0 aliphatic rings. The number of hydrogen-bond acceptors (Lipinski definition) is 3. The Bertz CT molecular complexity index is 574. The highest BCUT2D eigenvalue weighted by molar-refractivity contribution is 6.49. The molecule has 1 heterocycles. The fourth-order valence-electron chi connectivity index (χ4n) is 1.78. The predicted molar refractivity (Wildman–Crippen MR) is 79.9 cm³/mol. The molecule has 99 valence electrons. The van der Waals surface area contributed by atoms with E-state index in [2.05, 4.69) is 18.1 Å². The molecule has 0 aliphatic carbocycles. The molecule has 2 aromatic rings. The van der Waals surface area contributed by atoms with Crippen LogP contribution in [0, 0.1) is 6.92 Å². The number of nitrogens with zero attached hydrogens (tertiary/aromatic N) is 1. The van der Waals surface area contributed by atoms with Crippen molar-refractivity contribution in [1.29, 1.82) is 0 Å². The average Bonchev–Trinajstić information content (AvgIpc) is 2.87. The Morgan fingerprint density at radius 3 is 2.63 bits per heavy atom. The van der Waals surface area contributed by atoms with Crippen molar-refractivity contribution in [3.05, 3.63) is 47.9 Å². The van der Waals surface area contributed by atoms with Crippen LogP contribution in [-0.4, -0.2) is 14.8 Å². The van der Waals surface area contributed by atoms with Crippen LogP contribution in [0.5, 0.6) is 5.75 Å². The van der Waals surface area contributed by atoms with Gasteiger partial charge in [-0.1, -0.05) is 12.1 Å². The van der Waals surface area contributed by atoms with Gasteiger partial charge in [-0.15, -0.1) is 0 Å². The van der Waals surface area contributed by atoms with E-state index in [-0.39, 0.29) is 0 Å². The largest absolute Gasteiger partial charge is 0.541 e. The number of benzene rings is 1. The van der Waals surface area contributed by atoms with Crippen molar-refractivity contribution >= 4 is 20.4 Å². The number of furan rings is 1. The molecule has 0 bridgehead atoms. The van der Waals surface area contributed by atoms with Crippen molar-refractivity contribution in [2.45, 2.75) is 26.9 Å². The van der Waals surface area contributed by atoms with Crippen LogP contribution in [0.15, 0.2) is 46.0 Å². The van der Waals surface area contributed by atoms with Gasteiger partial charge in [0, 0.05) is 0 Å². The van der Waals surface area contributed by atoms with E-state index in [1.807, 2.05) is 44.2 Å². The molecule has 1 aromatic heterocycles. The van der Waals surface area contributed by atoms with Crippen LogP contribution in [0.2, 0.25) is 13.1 Å². The molecular formula is C15H18NO2Si. The highest BCUT2D eigenvalue weighted by Gasteiger charge is 2.10. The highest BCUT2D eigenvalue weighted by atomic mass is 28.3. The van der Waals surface area contributed by atoms with Crippen molar-refractivity contribution in [2.75, 3.05) is 0 Å². The van der Waals surface area contributed by atoms with E-state index in [4.69, 9.17) is 8.84 Å². The molecule has 0 spiro atoms. The molecule has 0 amide bonds. The van der Waals surface area contributed by atoms with Crippen LogP contribution in [0.1, 0.15) is 18.2 Å². The fourth-order valence-corrected chi connectivity index (χ4v) is 2.46. The Hall–Kier alpha value is -1.81. The lowest BCUT2D eigenvalue weighted by Crippen LogP contribution is -2.12. The number of rotatable bonds is 4. The standard InChI is InChI=1S/C15H18NO2Si/c1-11-7-5-8-13(15(11)18-19(3)4)16-12(2)14-9-6-10-17-14/h5-10H,1-4H3. The normalized spacial score (nSPS) is 11.9. The van der Waals surface area contributed by atoms with E-state index in [9.17, 15) is 0 Å². The third-order valence-corrected chi connectivity index (χ3v) is 3.28. The summed E-state index contributed by atoms with van der Waals surface area (Å²) in [5.74, 6) is 1.67. The number of hydrogen-bond donors (Lipinski definition) is 0. The van der Waals surface area contributed by atoms with E-state index < -0.39 is 9.04 Å².